The van der Waals surface area contributed by atoms with Crippen LogP contribution in [0.15, 0.2) is 54.6 Å². The van der Waals surface area contributed by atoms with Crippen LogP contribution in [0.3, 0.4) is 0 Å². The molecular weight excluding hydrogens is 172 g/mol. The molecule has 14 heavy (non-hydrogen) atoms. The molecule has 2 aromatic carbocycles. The molecule has 0 saturated carbocycles. The third-order valence-corrected chi connectivity index (χ3v) is 2.02. The molecule has 2 aromatic rings. The molecular formula is C12H13N2+. The first-order valence-electron chi connectivity index (χ1n) is 4.59. The molecule has 0 unspecified atom stereocenters. The van der Waals surface area contributed by atoms with Crippen molar-refractivity contribution in [1.82, 2.24) is 0 Å². The zero-order valence-corrected chi connectivity index (χ0v) is 7.90. The van der Waals surface area contributed by atoms with Gasteiger partial charge in [-0.3, -0.25) is 0 Å². The smallest absolute Gasteiger partial charge is 0.128 e. The van der Waals surface area contributed by atoms with Gasteiger partial charge >= 0.3 is 0 Å². The third-order valence-electron chi connectivity index (χ3n) is 2.02. The Balaban J connectivity index is 2.16. The highest BCUT2D eigenvalue weighted by Gasteiger charge is 1.93. The van der Waals surface area contributed by atoms with Crippen LogP contribution >= 0.6 is 0 Å². The van der Waals surface area contributed by atoms with E-state index >= 15 is 0 Å². The molecule has 70 valence electrons. The van der Waals surface area contributed by atoms with Crippen LogP contribution in [0.2, 0.25) is 0 Å². The fourth-order valence-corrected chi connectivity index (χ4v) is 1.28. The van der Waals surface area contributed by atoms with Gasteiger partial charge in [-0.1, -0.05) is 18.2 Å². The molecule has 2 rings (SSSR count). The quantitative estimate of drug-likeness (QED) is 0.740. The van der Waals surface area contributed by atoms with Crippen LogP contribution in [-0.4, -0.2) is 0 Å². The van der Waals surface area contributed by atoms with E-state index in [9.17, 15) is 0 Å². The summed E-state index contributed by atoms with van der Waals surface area (Å²) in [6.07, 6.45) is 0. The minimum atomic E-state index is 1.03. The lowest BCUT2D eigenvalue weighted by atomic mass is 10.2. The summed E-state index contributed by atoms with van der Waals surface area (Å²) in [5.74, 6) is 0. The molecule has 0 atom stereocenters. The van der Waals surface area contributed by atoms with E-state index in [0.29, 0.717) is 0 Å². The molecule has 0 aliphatic heterocycles. The Hall–Kier alpha value is -1.80. The van der Waals surface area contributed by atoms with Crippen LogP contribution in [0.1, 0.15) is 0 Å². The second kappa shape index (κ2) is 3.94. The zero-order chi connectivity index (χ0) is 9.80. The van der Waals surface area contributed by atoms with Crippen molar-refractivity contribution in [2.45, 2.75) is 0 Å². The second-order valence-corrected chi connectivity index (χ2v) is 3.19. The molecule has 0 spiro atoms. The van der Waals surface area contributed by atoms with Crippen LogP contribution < -0.4 is 11.1 Å². The van der Waals surface area contributed by atoms with E-state index in [2.05, 4.69) is 11.1 Å². The Morgan fingerprint density at radius 1 is 0.714 bits per heavy atom. The summed E-state index contributed by atoms with van der Waals surface area (Å²) in [6, 6.07) is 18.1. The van der Waals surface area contributed by atoms with Crippen molar-refractivity contribution in [1.29, 1.82) is 0 Å². The third kappa shape index (κ3) is 2.12. The van der Waals surface area contributed by atoms with Crippen LogP contribution in [-0.2, 0) is 0 Å². The lowest BCUT2D eigenvalue weighted by molar-refractivity contribution is -0.254. The van der Waals surface area contributed by atoms with Gasteiger partial charge in [0, 0.05) is 23.5 Å². The molecule has 0 aliphatic carbocycles. The Morgan fingerprint density at radius 2 is 1.29 bits per heavy atom. The van der Waals surface area contributed by atoms with Crippen LogP contribution in [0.25, 0.3) is 0 Å². The first-order chi connectivity index (χ1) is 6.84. The van der Waals surface area contributed by atoms with Crippen molar-refractivity contribution in [3.05, 3.63) is 54.6 Å². The summed E-state index contributed by atoms with van der Waals surface area (Å²) >= 11 is 0. The van der Waals surface area contributed by atoms with E-state index in [-0.39, 0.29) is 0 Å². The fraction of sp³-hybridized carbons (Fsp3) is 0. The first-order valence-corrected chi connectivity index (χ1v) is 4.59. The van der Waals surface area contributed by atoms with E-state index in [1.165, 1.54) is 0 Å². The molecule has 0 saturated heterocycles. The lowest BCUT2D eigenvalue weighted by Gasteiger charge is -2.04. The van der Waals surface area contributed by atoms with Gasteiger partial charge in [0.2, 0.25) is 0 Å². The summed E-state index contributed by atoms with van der Waals surface area (Å²) in [7, 11) is 0. The minimum absolute atomic E-state index is 1.03. The van der Waals surface area contributed by atoms with Crippen molar-refractivity contribution in [3.8, 4) is 0 Å². The molecule has 0 fully saturated rings. The van der Waals surface area contributed by atoms with Crippen molar-refractivity contribution in [3.63, 3.8) is 0 Å². The topological polar surface area (TPSA) is 39.7 Å². The van der Waals surface area contributed by atoms with E-state index in [0.717, 1.165) is 17.1 Å². The highest BCUT2D eigenvalue weighted by atomic mass is 14.9. The highest BCUT2D eigenvalue weighted by Crippen LogP contribution is 2.16. The highest BCUT2D eigenvalue weighted by molar-refractivity contribution is 5.60. The maximum absolute atomic E-state index is 3.84. The standard InChI is InChI=1S/C12H12N2/c13-10-6-8-12(9-7-10)14-11-4-2-1-3-5-11/h1-9,14H,13H2/p+1. The Labute approximate surface area is 83.4 Å². The molecule has 0 bridgehead atoms. The molecule has 0 amide bonds. The number of rotatable bonds is 2. The summed E-state index contributed by atoms with van der Waals surface area (Å²) in [5.41, 5.74) is 7.06. The Morgan fingerprint density at radius 3 is 1.93 bits per heavy atom. The maximum Gasteiger partial charge on any atom is 0.128 e. The van der Waals surface area contributed by atoms with Crippen molar-refractivity contribution >= 4 is 17.1 Å². The molecule has 0 aliphatic rings. The predicted molar refractivity (Wildman–Crippen MR) is 58.7 cm³/mol. The van der Waals surface area contributed by atoms with Gasteiger partial charge in [0.05, 0.1) is 0 Å². The normalized spacial score (nSPS) is 9.79. The van der Waals surface area contributed by atoms with Gasteiger partial charge in [-0.15, -0.1) is 0 Å². The Kier molecular flexibility index (Phi) is 2.47. The van der Waals surface area contributed by atoms with Crippen LogP contribution in [0.5, 0.6) is 0 Å². The number of hydrogen-bond donors (Lipinski definition) is 2. The van der Waals surface area contributed by atoms with Gasteiger partial charge in [0.1, 0.15) is 5.69 Å². The van der Waals surface area contributed by atoms with Crippen molar-refractivity contribution < 1.29 is 5.73 Å². The average molecular weight is 185 g/mol. The van der Waals surface area contributed by atoms with Gasteiger partial charge in [0.25, 0.3) is 0 Å². The molecule has 0 aromatic heterocycles. The summed E-state index contributed by atoms with van der Waals surface area (Å²) < 4.78 is 0. The second-order valence-electron chi connectivity index (χ2n) is 3.19. The number of anilines is 2. The number of para-hydroxylation sites is 1. The molecule has 0 radical (unpaired) electrons. The van der Waals surface area contributed by atoms with E-state index in [1.807, 2.05) is 54.6 Å². The lowest BCUT2D eigenvalue weighted by Crippen LogP contribution is -2.39. The van der Waals surface area contributed by atoms with Gasteiger partial charge in [-0.2, -0.15) is 0 Å². The van der Waals surface area contributed by atoms with Gasteiger partial charge in [-0.05, 0) is 24.3 Å². The zero-order valence-electron chi connectivity index (χ0n) is 7.90. The molecule has 0 heterocycles. The van der Waals surface area contributed by atoms with Crippen LogP contribution in [0.4, 0.5) is 17.1 Å². The number of nitrogens with one attached hydrogen (secondary N) is 1. The van der Waals surface area contributed by atoms with Gasteiger partial charge in [0.15, 0.2) is 0 Å². The average Bonchev–Trinajstić information content (AvgIpc) is 2.23. The molecule has 4 N–H and O–H groups in total. The molecule has 2 heteroatoms. The van der Waals surface area contributed by atoms with E-state index in [4.69, 9.17) is 0 Å². The molecule has 2 nitrogen and oxygen atoms in total. The SMILES string of the molecule is [NH3+]c1ccc(Nc2ccccc2)cc1. The van der Waals surface area contributed by atoms with Crippen molar-refractivity contribution in [2.75, 3.05) is 5.32 Å². The summed E-state index contributed by atoms with van der Waals surface area (Å²) in [5, 5.41) is 3.30. The first kappa shape index (κ1) is 8.78. The maximum atomic E-state index is 3.84. The number of quaternary nitrogens is 1. The van der Waals surface area contributed by atoms with Gasteiger partial charge in [-0.25, -0.2) is 0 Å². The fourth-order valence-electron chi connectivity index (χ4n) is 1.28. The van der Waals surface area contributed by atoms with E-state index in [1.54, 1.807) is 0 Å². The monoisotopic (exact) mass is 185 g/mol. The van der Waals surface area contributed by atoms with Gasteiger partial charge < -0.3 is 11.1 Å². The number of benzene rings is 2. The largest absolute Gasteiger partial charge is 0.356 e. The Bertz CT molecular complexity index is 392. The van der Waals surface area contributed by atoms with Crippen LogP contribution in [0, 0.1) is 0 Å². The predicted octanol–water partition coefficient (Wildman–Crippen LogP) is 2.30. The summed E-state index contributed by atoms with van der Waals surface area (Å²) in [4.78, 5) is 0. The van der Waals surface area contributed by atoms with Crippen molar-refractivity contribution in [2.24, 2.45) is 0 Å². The van der Waals surface area contributed by atoms with E-state index < -0.39 is 0 Å². The minimum Gasteiger partial charge on any atom is -0.356 e. The summed E-state index contributed by atoms with van der Waals surface area (Å²) in [6.45, 7) is 0. The number of hydrogen-bond acceptors (Lipinski definition) is 1.